The van der Waals surface area contributed by atoms with Crippen molar-refractivity contribution in [1.82, 2.24) is 9.80 Å². The lowest BCUT2D eigenvalue weighted by Crippen LogP contribution is -2.50. The van der Waals surface area contributed by atoms with E-state index in [1.165, 1.54) is 19.1 Å². The molecule has 1 unspecified atom stereocenters. The van der Waals surface area contributed by atoms with Crippen LogP contribution in [0.15, 0.2) is 24.3 Å². The van der Waals surface area contributed by atoms with Crippen molar-refractivity contribution in [2.24, 2.45) is 0 Å². The van der Waals surface area contributed by atoms with Gasteiger partial charge in [-0.3, -0.25) is 9.69 Å². The summed E-state index contributed by atoms with van der Waals surface area (Å²) in [6, 6.07) is 6.48. The number of rotatable bonds is 3. The molecule has 1 saturated heterocycles. The Balaban J connectivity index is 1.83. The lowest BCUT2D eigenvalue weighted by molar-refractivity contribution is -0.141. The Morgan fingerprint density at radius 3 is 2.37 bits per heavy atom. The van der Waals surface area contributed by atoms with Gasteiger partial charge in [0.15, 0.2) is 0 Å². The number of hydrogen-bond donors (Lipinski definition) is 1. The number of benzene rings is 1. The summed E-state index contributed by atoms with van der Waals surface area (Å²) < 4.78 is 12.8. The molecule has 4 nitrogen and oxygen atoms in total. The van der Waals surface area contributed by atoms with E-state index in [1.54, 1.807) is 17.0 Å². The predicted molar refractivity (Wildman–Crippen MR) is 69.9 cm³/mol. The molecule has 5 heteroatoms. The van der Waals surface area contributed by atoms with Gasteiger partial charge in [-0.2, -0.15) is 0 Å². The van der Waals surface area contributed by atoms with Crippen LogP contribution in [0.2, 0.25) is 0 Å². The van der Waals surface area contributed by atoms with Gasteiger partial charge in [0.25, 0.3) is 5.91 Å². The van der Waals surface area contributed by atoms with Gasteiger partial charge in [-0.15, -0.1) is 0 Å². The average Bonchev–Trinajstić information content (AvgIpc) is 2.41. The Kier molecular flexibility index (Phi) is 4.50. The monoisotopic (exact) mass is 266 g/mol. The topological polar surface area (TPSA) is 43.8 Å². The van der Waals surface area contributed by atoms with E-state index in [9.17, 15) is 14.3 Å². The molecule has 1 aliphatic heterocycles. The van der Waals surface area contributed by atoms with Gasteiger partial charge < -0.3 is 10.0 Å². The Morgan fingerprint density at radius 2 is 1.84 bits per heavy atom. The normalized spacial score (nSPS) is 18.4. The lowest BCUT2D eigenvalue weighted by atomic mass is 10.2. The number of carbonyl (C=O) groups is 1. The minimum atomic E-state index is -0.927. The van der Waals surface area contributed by atoms with Crippen LogP contribution in [-0.2, 0) is 11.3 Å². The van der Waals surface area contributed by atoms with Gasteiger partial charge in [0.1, 0.15) is 11.9 Å². The van der Waals surface area contributed by atoms with Gasteiger partial charge in [0.05, 0.1) is 0 Å². The summed E-state index contributed by atoms with van der Waals surface area (Å²) in [5.41, 5.74) is 1.07. The van der Waals surface area contributed by atoms with Crippen molar-refractivity contribution in [3.8, 4) is 0 Å². The standard InChI is InChI=1S/C14H19FN2O2/c1-11(18)14(19)17-8-6-16(7-9-17)10-12-2-4-13(15)5-3-12/h2-5,11,18H,6-10H2,1H3. The molecular weight excluding hydrogens is 247 g/mol. The van der Waals surface area contributed by atoms with E-state index in [0.717, 1.165) is 25.2 Å². The van der Waals surface area contributed by atoms with Crippen LogP contribution in [0.3, 0.4) is 0 Å². The quantitative estimate of drug-likeness (QED) is 0.882. The van der Waals surface area contributed by atoms with Crippen molar-refractivity contribution in [2.45, 2.75) is 19.6 Å². The summed E-state index contributed by atoms with van der Waals surface area (Å²) in [7, 11) is 0. The van der Waals surface area contributed by atoms with Gasteiger partial charge in [-0.05, 0) is 24.6 Å². The molecule has 19 heavy (non-hydrogen) atoms. The smallest absolute Gasteiger partial charge is 0.251 e. The summed E-state index contributed by atoms with van der Waals surface area (Å²) in [5, 5.41) is 9.26. The van der Waals surface area contributed by atoms with E-state index >= 15 is 0 Å². The Hall–Kier alpha value is -1.46. The predicted octanol–water partition coefficient (Wildman–Crippen LogP) is 0.851. The van der Waals surface area contributed by atoms with E-state index in [-0.39, 0.29) is 11.7 Å². The lowest BCUT2D eigenvalue weighted by Gasteiger charge is -2.35. The van der Waals surface area contributed by atoms with Crippen molar-refractivity contribution in [3.63, 3.8) is 0 Å². The summed E-state index contributed by atoms with van der Waals surface area (Å²) in [6.07, 6.45) is -0.927. The first-order valence-corrected chi connectivity index (χ1v) is 6.50. The molecule has 1 aliphatic rings. The van der Waals surface area contributed by atoms with Crippen molar-refractivity contribution < 1.29 is 14.3 Å². The van der Waals surface area contributed by atoms with E-state index in [2.05, 4.69) is 4.90 Å². The first kappa shape index (κ1) is 14.0. The van der Waals surface area contributed by atoms with E-state index < -0.39 is 6.10 Å². The number of aliphatic hydroxyl groups excluding tert-OH is 1. The van der Waals surface area contributed by atoms with Crippen molar-refractivity contribution in [3.05, 3.63) is 35.6 Å². The summed E-state index contributed by atoms with van der Waals surface area (Å²) in [5.74, 6) is -0.433. The number of carbonyl (C=O) groups excluding carboxylic acids is 1. The zero-order valence-corrected chi connectivity index (χ0v) is 11.1. The molecule has 104 valence electrons. The first-order chi connectivity index (χ1) is 9.06. The maximum Gasteiger partial charge on any atom is 0.251 e. The zero-order chi connectivity index (χ0) is 13.8. The molecule has 0 saturated carbocycles. The van der Waals surface area contributed by atoms with Crippen molar-refractivity contribution in [1.29, 1.82) is 0 Å². The second-order valence-corrected chi connectivity index (χ2v) is 4.90. The molecule has 1 amide bonds. The van der Waals surface area contributed by atoms with Crippen LogP contribution in [-0.4, -0.2) is 53.1 Å². The molecule has 2 rings (SSSR count). The van der Waals surface area contributed by atoms with Gasteiger partial charge >= 0.3 is 0 Å². The molecule has 1 aromatic rings. The maximum absolute atomic E-state index is 12.8. The van der Waals surface area contributed by atoms with Gasteiger partial charge in [0.2, 0.25) is 0 Å². The number of nitrogens with zero attached hydrogens (tertiary/aromatic N) is 2. The molecular formula is C14H19FN2O2. The average molecular weight is 266 g/mol. The van der Waals surface area contributed by atoms with Crippen LogP contribution in [0.5, 0.6) is 0 Å². The van der Waals surface area contributed by atoms with Crippen LogP contribution in [0, 0.1) is 5.82 Å². The minimum Gasteiger partial charge on any atom is -0.384 e. The molecule has 1 N–H and O–H groups in total. The van der Waals surface area contributed by atoms with Crippen LogP contribution >= 0.6 is 0 Å². The molecule has 1 aromatic carbocycles. The van der Waals surface area contributed by atoms with Crippen LogP contribution in [0.25, 0.3) is 0 Å². The van der Waals surface area contributed by atoms with Crippen LogP contribution in [0.4, 0.5) is 4.39 Å². The van der Waals surface area contributed by atoms with Gasteiger partial charge in [-0.1, -0.05) is 12.1 Å². The molecule has 0 radical (unpaired) electrons. The van der Waals surface area contributed by atoms with Gasteiger partial charge in [-0.25, -0.2) is 4.39 Å². The Morgan fingerprint density at radius 1 is 1.26 bits per heavy atom. The molecule has 0 aromatic heterocycles. The molecule has 1 fully saturated rings. The second-order valence-electron chi connectivity index (χ2n) is 4.90. The minimum absolute atomic E-state index is 0.207. The molecule has 1 atom stereocenters. The largest absolute Gasteiger partial charge is 0.384 e. The number of amides is 1. The van der Waals surface area contributed by atoms with Crippen LogP contribution in [0.1, 0.15) is 12.5 Å². The maximum atomic E-state index is 12.8. The fourth-order valence-electron chi connectivity index (χ4n) is 2.24. The van der Waals surface area contributed by atoms with Crippen molar-refractivity contribution in [2.75, 3.05) is 26.2 Å². The fraction of sp³-hybridized carbons (Fsp3) is 0.500. The highest BCUT2D eigenvalue weighted by molar-refractivity contribution is 5.80. The number of aliphatic hydroxyl groups is 1. The number of halogens is 1. The van der Waals surface area contributed by atoms with Crippen LogP contribution < -0.4 is 0 Å². The molecule has 1 heterocycles. The van der Waals surface area contributed by atoms with E-state index in [0.29, 0.717) is 13.1 Å². The highest BCUT2D eigenvalue weighted by Gasteiger charge is 2.23. The van der Waals surface area contributed by atoms with E-state index in [4.69, 9.17) is 0 Å². The third kappa shape index (κ3) is 3.75. The summed E-state index contributed by atoms with van der Waals surface area (Å²) in [4.78, 5) is 15.5. The molecule has 0 spiro atoms. The fourth-order valence-corrected chi connectivity index (χ4v) is 2.24. The third-order valence-corrected chi connectivity index (χ3v) is 3.36. The molecule has 0 aliphatic carbocycles. The summed E-state index contributed by atoms with van der Waals surface area (Å²) in [6.45, 7) is 5.06. The van der Waals surface area contributed by atoms with E-state index in [1.807, 2.05) is 0 Å². The summed E-state index contributed by atoms with van der Waals surface area (Å²) >= 11 is 0. The highest BCUT2D eigenvalue weighted by Crippen LogP contribution is 2.10. The van der Waals surface area contributed by atoms with Crippen molar-refractivity contribution >= 4 is 5.91 Å². The highest BCUT2D eigenvalue weighted by atomic mass is 19.1. The third-order valence-electron chi connectivity index (χ3n) is 3.36. The SMILES string of the molecule is CC(O)C(=O)N1CCN(Cc2ccc(F)cc2)CC1. The molecule has 0 bridgehead atoms. The first-order valence-electron chi connectivity index (χ1n) is 6.50. The Labute approximate surface area is 112 Å². The Bertz CT molecular complexity index is 426. The number of hydrogen-bond acceptors (Lipinski definition) is 3. The van der Waals surface area contributed by atoms with Gasteiger partial charge in [0, 0.05) is 32.7 Å². The number of piperazine rings is 1. The second kappa shape index (κ2) is 6.12. The zero-order valence-electron chi connectivity index (χ0n) is 11.1.